The fourth-order valence-electron chi connectivity index (χ4n) is 4.29. The van der Waals surface area contributed by atoms with Crippen LogP contribution in [0.5, 0.6) is 0 Å². The zero-order valence-electron chi connectivity index (χ0n) is 23.5. The van der Waals surface area contributed by atoms with E-state index in [1.54, 1.807) is 22.9 Å². The molecule has 0 spiro atoms. The van der Waals surface area contributed by atoms with Crippen LogP contribution in [0.1, 0.15) is 78.2 Å². The molecule has 0 atom stereocenters. The Labute approximate surface area is 227 Å². The van der Waals surface area contributed by atoms with Crippen LogP contribution in [-0.4, -0.2) is 35.7 Å². The second-order valence-electron chi connectivity index (χ2n) is 8.93. The Hall–Kier alpha value is -3.65. The minimum Gasteiger partial charge on any atom is -0.396 e. The van der Waals surface area contributed by atoms with Gasteiger partial charge in [-0.1, -0.05) is 56.9 Å². The fourth-order valence-corrected chi connectivity index (χ4v) is 4.29. The van der Waals surface area contributed by atoms with Gasteiger partial charge in [-0.3, -0.25) is 9.59 Å². The number of benzene rings is 1. The second kappa shape index (κ2) is 17.0. The van der Waals surface area contributed by atoms with Crippen molar-refractivity contribution < 1.29 is 14.4 Å². The van der Waals surface area contributed by atoms with E-state index in [0.717, 1.165) is 11.1 Å². The molecule has 1 aromatic rings. The predicted octanol–water partition coefficient (Wildman–Crippen LogP) is 4.73. The second-order valence-corrected chi connectivity index (χ2v) is 8.93. The van der Waals surface area contributed by atoms with E-state index in [1.807, 2.05) is 57.2 Å². The molecular formula is C30H45N5O3. The number of para-hydroxylation sites is 1. The number of rotatable bonds is 13. The number of hydrogen-bond donors (Lipinski definition) is 3. The first-order chi connectivity index (χ1) is 18.2. The molecule has 0 bridgehead atoms. The van der Waals surface area contributed by atoms with Crippen molar-refractivity contribution in [1.82, 2.24) is 5.01 Å². The Bertz CT molecular complexity index is 1070. The highest BCUT2D eigenvalue weighted by Crippen LogP contribution is 2.36. The van der Waals surface area contributed by atoms with Crippen molar-refractivity contribution >= 4 is 29.0 Å². The van der Waals surface area contributed by atoms with Crippen molar-refractivity contribution in [3.63, 3.8) is 0 Å². The average Bonchev–Trinajstić information content (AvgIpc) is 2.88. The minimum atomic E-state index is -0.348. The van der Waals surface area contributed by atoms with Crippen LogP contribution in [0.3, 0.4) is 0 Å². The van der Waals surface area contributed by atoms with Crippen LogP contribution >= 0.6 is 0 Å². The van der Waals surface area contributed by atoms with Crippen molar-refractivity contribution in [1.29, 1.82) is 0 Å². The molecule has 1 aromatic carbocycles. The number of carbonyl (C=O) groups excluding carboxylic acids is 3. The summed E-state index contributed by atoms with van der Waals surface area (Å²) in [5.74, 6) is 6.28. The van der Waals surface area contributed by atoms with Crippen LogP contribution in [-0.2, 0) is 14.4 Å². The van der Waals surface area contributed by atoms with Gasteiger partial charge in [-0.25, -0.2) is 5.84 Å². The van der Waals surface area contributed by atoms with Gasteiger partial charge >= 0.3 is 0 Å². The van der Waals surface area contributed by atoms with E-state index in [9.17, 15) is 14.4 Å². The Morgan fingerprint density at radius 2 is 1.68 bits per heavy atom. The number of primary amides is 1. The molecular weight excluding hydrogens is 478 g/mol. The first-order valence-corrected chi connectivity index (χ1v) is 13.4. The molecule has 0 fully saturated rings. The third kappa shape index (κ3) is 9.34. The molecule has 1 heterocycles. The van der Waals surface area contributed by atoms with Crippen LogP contribution in [0.4, 0.5) is 5.69 Å². The van der Waals surface area contributed by atoms with Crippen molar-refractivity contribution in [2.24, 2.45) is 17.3 Å². The highest BCUT2D eigenvalue weighted by atomic mass is 16.2. The van der Waals surface area contributed by atoms with Crippen LogP contribution < -0.4 is 22.2 Å². The molecule has 38 heavy (non-hydrogen) atoms. The molecule has 2 rings (SSSR count). The first kappa shape index (κ1) is 32.4. The number of ketones is 1. The molecule has 8 heteroatoms. The molecule has 2 amide bonds. The van der Waals surface area contributed by atoms with Crippen molar-refractivity contribution in [3.8, 4) is 0 Å². The van der Waals surface area contributed by atoms with E-state index in [1.165, 1.54) is 0 Å². The molecule has 8 nitrogen and oxygen atoms in total. The standard InChI is InChI=1S/C28H39N5O3.C2H6/c1-4-12-21-19-32(26(36)17-9-6-13-20(3)34)24-15-8-7-14-23(24)28(27(30)22(21)5-2)33(31)18-11-10-16-25(29)35;1-2/h4-5,7-8,12,14-15H,2,6,9-11,13,16-19,30-31H2,1,3H3,(H2,29,35);1-2H3/b12-4-,22-21-,28-27-;. The van der Waals surface area contributed by atoms with Gasteiger partial charge in [0.15, 0.2) is 0 Å². The number of nitrogens with two attached hydrogens (primary N) is 3. The zero-order chi connectivity index (χ0) is 28.7. The van der Waals surface area contributed by atoms with Crippen LogP contribution in [0.15, 0.2) is 65.9 Å². The number of unbranched alkanes of at least 4 members (excludes halogenated alkanes) is 2. The lowest BCUT2D eigenvalue weighted by Crippen LogP contribution is -2.38. The molecule has 0 aliphatic carbocycles. The highest BCUT2D eigenvalue weighted by Gasteiger charge is 2.27. The van der Waals surface area contributed by atoms with Gasteiger partial charge in [0, 0.05) is 36.9 Å². The van der Waals surface area contributed by atoms with E-state index >= 15 is 0 Å². The molecule has 0 aromatic heterocycles. The predicted molar refractivity (Wildman–Crippen MR) is 156 cm³/mol. The Balaban J connectivity index is 0.00000352. The fraction of sp³-hybridized carbons (Fsp3) is 0.433. The van der Waals surface area contributed by atoms with Gasteiger partial charge in [0.25, 0.3) is 0 Å². The number of hydrazine groups is 1. The average molecular weight is 524 g/mol. The van der Waals surface area contributed by atoms with Gasteiger partial charge in [0.1, 0.15) is 5.78 Å². The SMILES string of the molecule is C=CC1=C(\C=C/C)CN(C(=O)CCCCC(C)=O)c2ccccc2/C(N(N)CCCCC(N)=O)=C\1N.CC. The molecule has 0 saturated carbocycles. The van der Waals surface area contributed by atoms with E-state index in [2.05, 4.69) is 6.58 Å². The summed E-state index contributed by atoms with van der Waals surface area (Å²) < 4.78 is 0. The number of Topliss-reactive ketones (excluding diaryl/α,β-unsaturated/α-hetero) is 1. The number of nitrogens with zero attached hydrogens (tertiary/aromatic N) is 2. The smallest absolute Gasteiger partial charge is 0.227 e. The number of allylic oxidation sites excluding steroid dienone is 2. The quantitative estimate of drug-likeness (QED) is 0.194. The number of carbonyl (C=O) groups is 3. The lowest BCUT2D eigenvalue weighted by molar-refractivity contribution is -0.119. The molecule has 208 valence electrons. The molecule has 0 unspecified atom stereocenters. The Morgan fingerprint density at radius 1 is 1.05 bits per heavy atom. The lowest BCUT2D eigenvalue weighted by atomic mass is 9.95. The number of hydrogen-bond acceptors (Lipinski definition) is 6. The number of fused-ring (bicyclic) bond motifs is 1. The number of anilines is 1. The van der Waals surface area contributed by atoms with Crippen molar-refractivity contribution in [2.45, 2.75) is 72.6 Å². The summed E-state index contributed by atoms with van der Waals surface area (Å²) in [6.07, 6.45) is 9.15. The van der Waals surface area contributed by atoms with Crippen molar-refractivity contribution in [3.05, 3.63) is 71.5 Å². The summed E-state index contributed by atoms with van der Waals surface area (Å²) in [7, 11) is 0. The van der Waals surface area contributed by atoms with E-state index in [4.69, 9.17) is 17.3 Å². The third-order valence-corrected chi connectivity index (χ3v) is 6.07. The molecule has 0 saturated heterocycles. The van der Waals surface area contributed by atoms with Crippen LogP contribution in [0.25, 0.3) is 5.70 Å². The maximum atomic E-state index is 13.5. The van der Waals surface area contributed by atoms with Gasteiger partial charge in [-0.15, -0.1) is 0 Å². The molecule has 1 aliphatic rings. The number of amides is 2. The molecule has 1 aliphatic heterocycles. The summed E-state index contributed by atoms with van der Waals surface area (Å²) in [5.41, 5.74) is 16.1. The van der Waals surface area contributed by atoms with Gasteiger partial charge in [0.05, 0.1) is 23.6 Å². The van der Waals surface area contributed by atoms with Gasteiger partial charge in [-0.05, 0) is 51.2 Å². The van der Waals surface area contributed by atoms with E-state index in [-0.39, 0.29) is 24.0 Å². The summed E-state index contributed by atoms with van der Waals surface area (Å²) in [4.78, 5) is 37.7. The normalized spacial score (nSPS) is 17.1. The molecule has 6 N–H and O–H groups in total. The van der Waals surface area contributed by atoms with E-state index < -0.39 is 0 Å². The lowest BCUT2D eigenvalue weighted by Gasteiger charge is -2.33. The van der Waals surface area contributed by atoms with Gasteiger partial charge < -0.3 is 26.2 Å². The minimum absolute atomic E-state index is 0.0405. The van der Waals surface area contributed by atoms with Gasteiger partial charge in [-0.2, -0.15) is 0 Å². The molecule has 0 radical (unpaired) electrons. The third-order valence-electron chi connectivity index (χ3n) is 6.07. The largest absolute Gasteiger partial charge is 0.396 e. The van der Waals surface area contributed by atoms with Gasteiger partial charge in [0.2, 0.25) is 11.8 Å². The highest BCUT2D eigenvalue weighted by molar-refractivity contribution is 5.98. The summed E-state index contributed by atoms with van der Waals surface area (Å²) >= 11 is 0. The van der Waals surface area contributed by atoms with Crippen molar-refractivity contribution in [2.75, 3.05) is 18.0 Å². The summed E-state index contributed by atoms with van der Waals surface area (Å²) in [6, 6.07) is 7.56. The Morgan fingerprint density at radius 3 is 2.29 bits per heavy atom. The Kier molecular flexibility index (Phi) is 14.5. The van der Waals surface area contributed by atoms with E-state index in [0.29, 0.717) is 74.3 Å². The maximum Gasteiger partial charge on any atom is 0.227 e. The topological polar surface area (TPSA) is 136 Å². The first-order valence-electron chi connectivity index (χ1n) is 13.4. The summed E-state index contributed by atoms with van der Waals surface area (Å²) in [5, 5.41) is 1.58. The van der Waals surface area contributed by atoms with Crippen LogP contribution in [0, 0.1) is 0 Å². The van der Waals surface area contributed by atoms with Crippen LogP contribution in [0.2, 0.25) is 0 Å². The summed E-state index contributed by atoms with van der Waals surface area (Å²) in [6.45, 7) is 12.2. The zero-order valence-corrected chi connectivity index (χ0v) is 23.5. The monoisotopic (exact) mass is 523 g/mol. The maximum absolute atomic E-state index is 13.5.